The van der Waals surface area contributed by atoms with Crippen LogP contribution in [0.15, 0.2) is 41.6 Å². The van der Waals surface area contributed by atoms with Crippen molar-refractivity contribution in [2.24, 2.45) is 7.05 Å². The van der Waals surface area contributed by atoms with Crippen LogP contribution in [0.5, 0.6) is 0 Å². The van der Waals surface area contributed by atoms with Crippen LogP contribution in [-0.2, 0) is 23.6 Å². The van der Waals surface area contributed by atoms with Gasteiger partial charge in [0.15, 0.2) is 0 Å². The second kappa shape index (κ2) is 5.50. The molecule has 1 aliphatic rings. The van der Waals surface area contributed by atoms with E-state index in [2.05, 4.69) is 15.1 Å². The molecule has 1 fully saturated rings. The zero-order valence-electron chi connectivity index (χ0n) is 11.8. The summed E-state index contributed by atoms with van der Waals surface area (Å²) in [4.78, 5) is 0.307. The van der Waals surface area contributed by atoms with Crippen LogP contribution in [0.3, 0.4) is 0 Å². The first-order chi connectivity index (χ1) is 10.0. The molecule has 1 saturated carbocycles. The summed E-state index contributed by atoms with van der Waals surface area (Å²) < 4.78 is 28.5. The quantitative estimate of drug-likeness (QED) is 0.847. The topological polar surface area (TPSA) is 76.0 Å². The van der Waals surface area contributed by atoms with E-state index in [0.717, 1.165) is 24.1 Å². The molecule has 1 aromatic heterocycles. The molecule has 0 amide bonds. The average molecular weight is 306 g/mol. The highest BCUT2D eigenvalue weighted by Gasteiger charge is 2.27. The van der Waals surface area contributed by atoms with Crippen molar-refractivity contribution in [2.45, 2.75) is 30.3 Å². The van der Waals surface area contributed by atoms with Gasteiger partial charge < -0.3 is 5.32 Å². The van der Waals surface area contributed by atoms with Gasteiger partial charge in [-0.25, -0.2) is 13.1 Å². The third-order valence-corrected chi connectivity index (χ3v) is 4.86. The second-order valence-electron chi connectivity index (χ2n) is 5.30. The van der Waals surface area contributed by atoms with E-state index in [1.807, 2.05) is 13.2 Å². The summed E-state index contributed by atoms with van der Waals surface area (Å²) in [5, 5.41) is 7.34. The number of sulfonamides is 1. The van der Waals surface area contributed by atoms with Crippen molar-refractivity contribution in [3.63, 3.8) is 0 Å². The molecular formula is C14H18N4O2S. The second-order valence-corrected chi connectivity index (χ2v) is 7.01. The zero-order chi connectivity index (χ0) is 14.9. The predicted octanol–water partition coefficient (Wildman–Crippen LogP) is 1.47. The molecule has 0 spiro atoms. The van der Waals surface area contributed by atoms with Gasteiger partial charge in [0.1, 0.15) is 0 Å². The van der Waals surface area contributed by atoms with E-state index in [-0.39, 0.29) is 6.04 Å². The molecule has 1 heterocycles. The fourth-order valence-corrected chi connectivity index (χ4v) is 3.31. The van der Waals surface area contributed by atoms with Gasteiger partial charge >= 0.3 is 0 Å². The van der Waals surface area contributed by atoms with Crippen LogP contribution < -0.4 is 10.0 Å². The number of benzene rings is 1. The number of aromatic nitrogens is 2. The number of hydrogen-bond donors (Lipinski definition) is 2. The maximum absolute atomic E-state index is 12.0. The van der Waals surface area contributed by atoms with Gasteiger partial charge in [0, 0.05) is 37.1 Å². The van der Waals surface area contributed by atoms with Crippen molar-refractivity contribution in [1.82, 2.24) is 14.5 Å². The Balaban J connectivity index is 1.63. The molecule has 0 radical (unpaired) electrons. The van der Waals surface area contributed by atoms with E-state index < -0.39 is 10.0 Å². The lowest BCUT2D eigenvalue weighted by Gasteiger charge is -2.08. The Morgan fingerprint density at radius 3 is 2.57 bits per heavy atom. The van der Waals surface area contributed by atoms with Crippen molar-refractivity contribution in [1.29, 1.82) is 0 Å². The van der Waals surface area contributed by atoms with E-state index in [1.54, 1.807) is 35.1 Å². The first kappa shape index (κ1) is 14.1. The summed E-state index contributed by atoms with van der Waals surface area (Å²) in [6.45, 7) is 0.653. The molecule has 3 rings (SSSR count). The molecule has 1 aliphatic carbocycles. The lowest BCUT2D eigenvalue weighted by atomic mass is 10.3. The van der Waals surface area contributed by atoms with Gasteiger partial charge in [-0.3, -0.25) is 4.68 Å². The van der Waals surface area contributed by atoms with Gasteiger partial charge in [-0.1, -0.05) is 0 Å². The fraction of sp³-hybridized carbons (Fsp3) is 0.357. The van der Waals surface area contributed by atoms with Crippen LogP contribution in [0.1, 0.15) is 18.4 Å². The molecule has 1 aromatic carbocycles. The van der Waals surface area contributed by atoms with E-state index in [1.165, 1.54) is 0 Å². The van der Waals surface area contributed by atoms with E-state index in [9.17, 15) is 8.42 Å². The first-order valence-corrected chi connectivity index (χ1v) is 8.35. The molecular weight excluding hydrogens is 288 g/mol. The van der Waals surface area contributed by atoms with Crippen LogP contribution in [-0.4, -0.2) is 24.2 Å². The smallest absolute Gasteiger partial charge is 0.240 e. The fourth-order valence-electron chi connectivity index (χ4n) is 2.01. The van der Waals surface area contributed by atoms with Gasteiger partial charge in [-0.05, 0) is 37.1 Å². The molecule has 2 aromatic rings. The Morgan fingerprint density at radius 1 is 1.29 bits per heavy atom. The maximum Gasteiger partial charge on any atom is 0.240 e. The molecule has 0 unspecified atom stereocenters. The Morgan fingerprint density at radius 2 is 2.00 bits per heavy atom. The standard InChI is InChI=1S/C14H18N4O2S/c1-18-10-11(9-16-18)8-15-12-4-6-14(7-5-12)21(19,20)17-13-2-3-13/h4-7,9-10,13,15,17H,2-3,8H2,1H3. The number of anilines is 1. The zero-order valence-corrected chi connectivity index (χ0v) is 12.6. The van der Waals surface area contributed by atoms with Crippen LogP contribution in [0.25, 0.3) is 0 Å². The van der Waals surface area contributed by atoms with Crippen molar-refractivity contribution < 1.29 is 8.42 Å². The highest BCUT2D eigenvalue weighted by atomic mass is 32.2. The lowest BCUT2D eigenvalue weighted by molar-refractivity contribution is 0.581. The number of rotatable bonds is 6. The Hall–Kier alpha value is -1.86. The normalized spacial score (nSPS) is 15.1. The number of hydrogen-bond acceptors (Lipinski definition) is 4. The summed E-state index contributed by atoms with van der Waals surface area (Å²) in [5.41, 5.74) is 1.95. The predicted molar refractivity (Wildman–Crippen MR) is 80.3 cm³/mol. The summed E-state index contributed by atoms with van der Waals surface area (Å²) in [7, 11) is -1.50. The number of nitrogens with zero attached hydrogens (tertiary/aromatic N) is 2. The number of nitrogens with one attached hydrogen (secondary N) is 2. The number of aryl methyl sites for hydroxylation is 1. The molecule has 7 heteroatoms. The summed E-state index contributed by atoms with van der Waals surface area (Å²) in [6, 6.07) is 6.92. The molecule has 0 bridgehead atoms. The van der Waals surface area contributed by atoms with Crippen molar-refractivity contribution in [3.8, 4) is 0 Å². The SMILES string of the molecule is Cn1cc(CNc2ccc(S(=O)(=O)NC3CC3)cc2)cn1. The van der Waals surface area contributed by atoms with Gasteiger partial charge in [-0.2, -0.15) is 5.10 Å². The van der Waals surface area contributed by atoms with Gasteiger partial charge in [0.05, 0.1) is 11.1 Å². The first-order valence-electron chi connectivity index (χ1n) is 6.87. The molecule has 6 nitrogen and oxygen atoms in total. The van der Waals surface area contributed by atoms with Crippen LogP contribution in [0, 0.1) is 0 Å². The van der Waals surface area contributed by atoms with E-state index >= 15 is 0 Å². The minimum Gasteiger partial charge on any atom is -0.381 e. The Labute approximate surface area is 124 Å². The summed E-state index contributed by atoms with van der Waals surface area (Å²) in [5.74, 6) is 0. The summed E-state index contributed by atoms with van der Waals surface area (Å²) in [6.07, 6.45) is 5.60. The van der Waals surface area contributed by atoms with Gasteiger partial charge in [0.25, 0.3) is 0 Å². The lowest BCUT2D eigenvalue weighted by Crippen LogP contribution is -2.25. The summed E-state index contributed by atoms with van der Waals surface area (Å²) >= 11 is 0. The minimum absolute atomic E-state index is 0.124. The Kier molecular flexibility index (Phi) is 3.69. The van der Waals surface area contributed by atoms with Gasteiger partial charge in [0.2, 0.25) is 10.0 Å². The molecule has 0 saturated heterocycles. The highest BCUT2D eigenvalue weighted by Crippen LogP contribution is 2.22. The van der Waals surface area contributed by atoms with Crippen LogP contribution in [0.2, 0.25) is 0 Å². The molecule has 112 valence electrons. The molecule has 0 aliphatic heterocycles. The van der Waals surface area contributed by atoms with Crippen LogP contribution >= 0.6 is 0 Å². The van der Waals surface area contributed by atoms with Crippen LogP contribution in [0.4, 0.5) is 5.69 Å². The van der Waals surface area contributed by atoms with Crippen molar-refractivity contribution in [2.75, 3.05) is 5.32 Å². The third kappa shape index (κ3) is 3.62. The van der Waals surface area contributed by atoms with E-state index in [4.69, 9.17) is 0 Å². The van der Waals surface area contributed by atoms with E-state index in [0.29, 0.717) is 11.4 Å². The van der Waals surface area contributed by atoms with Crippen molar-refractivity contribution in [3.05, 3.63) is 42.2 Å². The monoisotopic (exact) mass is 306 g/mol. The molecule has 0 atom stereocenters. The maximum atomic E-state index is 12.0. The van der Waals surface area contributed by atoms with Crippen molar-refractivity contribution >= 4 is 15.7 Å². The average Bonchev–Trinajstić information content (AvgIpc) is 3.16. The van der Waals surface area contributed by atoms with Gasteiger partial charge in [-0.15, -0.1) is 0 Å². The molecule has 2 N–H and O–H groups in total. The highest BCUT2D eigenvalue weighted by molar-refractivity contribution is 7.89. The minimum atomic E-state index is -3.37. The third-order valence-electron chi connectivity index (χ3n) is 3.32. The molecule has 21 heavy (non-hydrogen) atoms. The largest absolute Gasteiger partial charge is 0.381 e. The Bertz CT molecular complexity index is 718.